The van der Waals surface area contributed by atoms with Gasteiger partial charge in [0.25, 0.3) is 0 Å². The highest BCUT2D eigenvalue weighted by Gasteiger charge is 2.42. The summed E-state index contributed by atoms with van der Waals surface area (Å²) in [4.78, 5) is 4.83. The first-order valence-electron chi connectivity index (χ1n) is 38.8. The second kappa shape index (κ2) is 33.1. The van der Waals surface area contributed by atoms with Crippen LogP contribution in [-0.2, 0) is 34.8 Å². The van der Waals surface area contributed by atoms with Crippen molar-refractivity contribution in [2.75, 3.05) is 98.0 Å². The number of methoxy groups -OCH3 is 5. The number of benzene rings is 13. The monoisotopic (exact) mass is 1520 g/mol. The molecular formula is C99H92N2O13. The zero-order chi connectivity index (χ0) is 78.3. The molecule has 3 N–H and O–H groups in total. The molecule has 15 nitrogen and oxygen atoms in total. The van der Waals surface area contributed by atoms with Gasteiger partial charge in [-0.3, -0.25) is 0 Å². The van der Waals surface area contributed by atoms with Crippen LogP contribution in [0.4, 0.5) is 11.4 Å². The van der Waals surface area contributed by atoms with Crippen molar-refractivity contribution < 1.29 is 62.7 Å². The fraction of sp³-hybridized carbons (Fsp3) is 0.212. The minimum Gasteiger partial charge on any atom is -0.497 e. The molecule has 5 heterocycles. The first-order valence-corrected chi connectivity index (χ1v) is 38.8. The molecule has 114 heavy (non-hydrogen) atoms. The van der Waals surface area contributed by atoms with Crippen LogP contribution in [0, 0.1) is 6.92 Å². The van der Waals surface area contributed by atoms with Crippen LogP contribution >= 0.6 is 0 Å². The maximum atomic E-state index is 10.9. The second-order valence-corrected chi connectivity index (χ2v) is 28.8. The van der Waals surface area contributed by atoms with Crippen LogP contribution in [0.3, 0.4) is 0 Å². The summed E-state index contributed by atoms with van der Waals surface area (Å²) in [6.45, 7) is 7.41. The number of rotatable bonds is 19. The summed E-state index contributed by atoms with van der Waals surface area (Å²) in [5.41, 5.74) is 13.5. The SMILES string of the molecule is COc1ccc(-c2c(CO)c3c(c4cc(OC)ccc24)OC(c2ccccc2)(c2ccc(N4CCCC4)cc2)C=C3)cc1.COc1ccc(C2(c3ccc(OC)cc3)C=Cc3c(CO)c(C)c4ccccc4c3O2)cc1.COc1ccc(C2(c3ccc(OCCO)cc3)C=Cc3c(cc(N4CCOCC4)c4ccccc34)O2)cc1. The number of nitrogens with zero attached hydrogens (tertiary/aromatic N) is 2. The van der Waals surface area contributed by atoms with Gasteiger partial charge in [0.1, 0.15) is 58.4 Å². The molecule has 5 aliphatic heterocycles. The lowest BCUT2D eigenvalue weighted by atomic mass is 9.81. The Hall–Kier alpha value is -12.5. The molecule has 0 aliphatic carbocycles. The molecule has 0 radical (unpaired) electrons. The zero-order valence-corrected chi connectivity index (χ0v) is 64.9. The Kier molecular flexibility index (Phi) is 21.9. The molecule has 2 unspecified atom stereocenters. The summed E-state index contributed by atoms with van der Waals surface area (Å²) in [7, 11) is 8.33. The van der Waals surface area contributed by atoms with Gasteiger partial charge >= 0.3 is 0 Å². The average Bonchev–Trinajstić information content (AvgIpc) is 0.742. The number of fused-ring (bicyclic) bond motifs is 9. The molecule has 0 bridgehead atoms. The van der Waals surface area contributed by atoms with E-state index < -0.39 is 16.8 Å². The Morgan fingerprint density at radius 3 is 1.32 bits per heavy atom. The lowest BCUT2D eigenvalue weighted by Gasteiger charge is -2.38. The Bertz CT molecular complexity index is 5630. The summed E-state index contributed by atoms with van der Waals surface area (Å²) in [6, 6.07) is 83.9. The molecule has 15 heteroatoms. The summed E-state index contributed by atoms with van der Waals surface area (Å²) in [5.74, 6) is 6.92. The Morgan fingerprint density at radius 2 is 0.798 bits per heavy atom. The highest BCUT2D eigenvalue weighted by Crippen LogP contribution is 2.53. The van der Waals surface area contributed by atoms with Crippen molar-refractivity contribution in [2.24, 2.45) is 0 Å². The predicted octanol–water partition coefficient (Wildman–Crippen LogP) is 19.4. The molecular weight excluding hydrogens is 1430 g/mol. The van der Waals surface area contributed by atoms with Crippen LogP contribution in [0.2, 0.25) is 0 Å². The predicted molar refractivity (Wildman–Crippen MR) is 454 cm³/mol. The quantitative estimate of drug-likeness (QED) is 0.0701. The number of hydrogen-bond donors (Lipinski definition) is 3. The van der Waals surface area contributed by atoms with Crippen LogP contribution in [0.25, 0.3) is 61.7 Å². The van der Waals surface area contributed by atoms with E-state index in [1.165, 1.54) is 29.3 Å². The van der Waals surface area contributed by atoms with Crippen LogP contribution in [0.5, 0.6) is 51.7 Å². The van der Waals surface area contributed by atoms with E-state index in [2.05, 4.69) is 150 Å². The summed E-state index contributed by atoms with van der Waals surface area (Å²) < 4.78 is 59.8. The molecule has 2 fully saturated rings. The lowest BCUT2D eigenvalue weighted by Crippen LogP contribution is -2.37. The van der Waals surface area contributed by atoms with E-state index in [0.29, 0.717) is 19.0 Å². The topological polar surface area (TPSA) is 159 Å². The van der Waals surface area contributed by atoms with Crippen molar-refractivity contribution in [1.29, 1.82) is 0 Å². The normalized spacial score (nSPS) is 16.9. The summed E-state index contributed by atoms with van der Waals surface area (Å²) >= 11 is 0. The standard InChI is InChI=1S/C38H35NO4.C32H31NO5.C29H26O4/c1-41-30-16-10-26(11-17-30)36-32-19-18-31(42-2)24-34(32)37-33(35(36)25-40)20-21-38(43-37,27-8-4-3-5-9-27)28-12-14-29(15-13-28)39-22-6-7-23-39;1-35-25-10-6-23(7-11-25)32(24-8-12-26(13-9-24)37-21-18-34)15-14-29-27-4-2-3-5-28(27)30(22-31(29)38-32)33-16-19-36-20-17-33;1-19-24-6-4-5-7-25(24)28-26(27(19)18-30)16-17-29(33-28,20-8-12-22(31-2)13-9-20)21-10-14-23(32-3)15-11-21/h3-5,8-21,24,40H,6-7,22-23,25H2,1-2H3;2-15,22,34H,16-21H2,1H3;4-17,30H,18H2,1-3H3. The molecule has 2 saturated heterocycles. The van der Waals surface area contributed by atoms with Crippen molar-refractivity contribution >= 4 is 61.9 Å². The first kappa shape index (κ1) is 75.5. The van der Waals surface area contributed by atoms with Crippen molar-refractivity contribution in [3.05, 3.63) is 334 Å². The van der Waals surface area contributed by atoms with E-state index >= 15 is 0 Å². The maximum Gasteiger partial charge on any atom is 0.178 e. The van der Waals surface area contributed by atoms with E-state index in [1.54, 1.807) is 35.5 Å². The molecule has 576 valence electrons. The van der Waals surface area contributed by atoms with E-state index in [4.69, 9.17) is 52.5 Å². The van der Waals surface area contributed by atoms with Gasteiger partial charge in [-0.1, -0.05) is 164 Å². The number of anilines is 2. The first-order chi connectivity index (χ1) is 56.0. The zero-order valence-electron chi connectivity index (χ0n) is 64.9. The minimum absolute atomic E-state index is 0.0282. The molecule has 0 amide bonds. The van der Waals surface area contributed by atoms with Crippen LogP contribution in [0.15, 0.2) is 267 Å². The third kappa shape index (κ3) is 14.2. The smallest absolute Gasteiger partial charge is 0.178 e. The van der Waals surface area contributed by atoms with E-state index in [1.807, 2.05) is 152 Å². The van der Waals surface area contributed by atoms with Crippen LogP contribution in [0.1, 0.15) is 79.6 Å². The Morgan fingerprint density at radius 1 is 0.368 bits per heavy atom. The molecule has 13 aromatic rings. The summed E-state index contributed by atoms with van der Waals surface area (Å²) in [6.07, 6.45) is 15.2. The molecule has 5 aliphatic rings. The van der Waals surface area contributed by atoms with E-state index in [9.17, 15) is 10.2 Å². The van der Waals surface area contributed by atoms with Gasteiger partial charge in [0, 0.05) is 110 Å². The number of hydrogen-bond acceptors (Lipinski definition) is 15. The second-order valence-electron chi connectivity index (χ2n) is 28.8. The van der Waals surface area contributed by atoms with Gasteiger partial charge < -0.3 is 72.5 Å². The van der Waals surface area contributed by atoms with Gasteiger partial charge in [0.15, 0.2) is 16.8 Å². The van der Waals surface area contributed by atoms with E-state index in [-0.39, 0.29) is 26.4 Å². The van der Waals surface area contributed by atoms with Crippen molar-refractivity contribution in [3.63, 3.8) is 0 Å². The molecule has 0 aromatic heterocycles. The maximum absolute atomic E-state index is 10.9. The molecule has 2 atom stereocenters. The summed E-state index contributed by atoms with van der Waals surface area (Å²) in [5, 5.41) is 36.6. The third-order valence-corrected chi connectivity index (χ3v) is 22.7. The highest BCUT2D eigenvalue weighted by molar-refractivity contribution is 6.06. The van der Waals surface area contributed by atoms with Gasteiger partial charge in [-0.15, -0.1) is 0 Å². The highest BCUT2D eigenvalue weighted by atomic mass is 16.5. The largest absolute Gasteiger partial charge is 0.497 e. The Balaban J connectivity index is 0.000000130. The van der Waals surface area contributed by atoms with E-state index in [0.717, 1.165) is 177 Å². The molecule has 13 aromatic carbocycles. The fourth-order valence-electron chi connectivity index (χ4n) is 16.7. The number of morpholine rings is 1. The van der Waals surface area contributed by atoms with Gasteiger partial charge in [0.05, 0.1) is 68.6 Å². The van der Waals surface area contributed by atoms with Crippen molar-refractivity contribution in [2.45, 2.75) is 49.8 Å². The third-order valence-electron chi connectivity index (χ3n) is 22.7. The number of aliphatic hydroxyl groups is 3. The van der Waals surface area contributed by atoms with Gasteiger partial charge in [-0.25, -0.2) is 0 Å². The van der Waals surface area contributed by atoms with Crippen LogP contribution in [-0.4, -0.2) is 103 Å². The van der Waals surface area contributed by atoms with Crippen molar-refractivity contribution in [1.82, 2.24) is 0 Å². The number of ether oxygens (including phenoxy) is 10. The van der Waals surface area contributed by atoms with Crippen molar-refractivity contribution in [3.8, 4) is 62.9 Å². The Labute approximate surface area is 665 Å². The lowest BCUT2D eigenvalue weighted by molar-refractivity contribution is 0.122. The van der Waals surface area contributed by atoms with Gasteiger partial charge in [0.2, 0.25) is 0 Å². The van der Waals surface area contributed by atoms with Gasteiger partial charge in [-0.2, -0.15) is 0 Å². The minimum atomic E-state index is -0.859. The fourth-order valence-corrected chi connectivity index (χ4v) is 16.7. The van der Waals surface area contributed by atoms with Gasteiger partial charge in [-0.05, 0) is 179 Å². The molecule has 0 saturated carbocycles. The molecule has 18 rings (SSSR count). The number of aryl methyl sites for hydroxylation is 1. The molecule has 0 spiro atoms. The average molecular weight is 1520 g/mol. The van der Waals surface area contributed by atoms with Crippen LogP contribution < -0.4 is 52.4 Å². The number of aliphatic hydroxyl groups excluding tert-OH is 3.